The molecule has 0 aliphatic carbocycles. The fraction of sp³-hybridized carbons (Fsp3) is 0.562. The molecule has 0 bridgehead atoms. The lowest BCUT2D eigenvalue weighted by molar-refractivity contribution is -0.131. The van der Waals surface area contributed by atoms with Gasteiger partial charge in [-0.15, -0.1) is 0 Å². The van der Waals surface area contributed by atoms with E-state index < -0.39 is 0 Å². The topological polar surface area (TPSA) is 105 Å². The average molecular weight is 331 g/mol. The summed E-state index contributed by atoms with van der Waals surface area (Å²) in [6, 6.07) is 0. The summed E-state index contributed by atoms with van der Waals surface area (Å²) in [5.74, 6) is 1.71. The summed E-state index contributed by atoms with van der Waals surface area (Å²) in [5.41, 5.74) is 0.793. The molecule has 0 spiro atoms. The molecule has 0 radical (unpaired) electrons. The third kappa shape index (κ3) is 3.37. The molecule has 1 N–H and O–H groups in total. The van der Waals surface area contributed by atoms with Crippen molar-refractivity contribution in [3.05, 3.63) is 39.2 Å². The first-order chi connectivity index (χ1) is 11.4. The lowest BCUT2D eigenvalue weighted by Gasteiger charge is -2.31. The maximum atomic E-state index is 12.6. The summed E-state index contributed by atoms with van der Waals surface area (Å²) < 4.78 is 5.24. The van der Waals surface area contributed by atoms with E-state index in [1.54, 1.807) is 25.7 Å². The standard InChI is InChI=1S/C16H21N5O3/c1-9-13(15(23)18-10(2)17-9)7-14(22)21-6-4-5-12(8-21)16-19-11(3)20-24-16/h12H,4-8H2,1-3H3,(H,17,18,23)/t12-/m0/s1. The largest absolute Gasteiger partial charge is 0.342 e. The van der Waals surface area contributed by atoms with Crippen molar-refractivity contribution in [3.8, 4) is 0 Å². The maximum absolute atomic E-state index is 12.6. The molecule has 0 aromatic carbocycles. The Morgan fingerprint density at radius 2 is 2.12 bits per heavy atom. The number of hydrogen-bond acceptors (Lipinski definition) is 6. The monoisotopic (exact) mass is 331 g/mol. The van der Waals surface area contributed by atoms with Crippen molar-refractivity contribution in [3.63, 3.8) is 0 Å². The minimum absolute atomic E-state index is 0.0550. The lowest BCUT2D eigenvalue weighted by Crippen LogP contribution is -2.41. The first kappa shape index (κ1) is 16.4. The molecule has 8 heteroatoms. The number of amides is 1. The van der Waals surface area contributed by atoms with Crippen LogP contribution in [0.25, 0.3) is 0 Å². The fourth-order valence-electron chi connectivity index (χ4n) is 3.11. The van der Waals surface area contributed by atoms with Gasteiger partial charge in [0.05, 0.1) is 12.3 Å². The molecule has 1 amide bonds. The Morgan fingerprint density at radius 1 is 1.33 bits per heavy atom. The highest BCUT2D eigenvalue weighted by Crippen LogP contribution is 2.26. The van der Waals surface area contributed by atoms with E-state index in [1.807, 2.05) is 0 Å². The Labute approximate surface area is 139 Å². The van der Waals surface area contributed by atoms with Gasteiger partial charge < -0.3 is 14.4 Å². The predicted molar refractivity (Wildman–Crippen MR) is 85.6 cm³/mol. The van der Waals surface area contributed by atoms with E-state index in [2.05, 4.69) is 20.1 Å². The van der Waals surface area contributed by atoms with E-state index in [-0.39, 0.29) is 23.8 Å². The normalized spacial score (nSPS) is 18.0. The van der Waals surface area contributed by atoms with Crippen molar-refractivity contribution < 1.29 is 9.32 Å². The molecular formula is C16H21N5O3. The van der Waals surface area contributed by atoms with Crippen LogP contribution in [0.15, 0.2) is 9.32 Å². The summed E-state index contributed by atoms with van der Waals surface area (Å²) in [6.45, 7) is 6.47. The van der Waals surface area contributed by atoms with Gasteiger partial charge in [0, 0.05) is 24.3 Å². The SMILES string of the molecule is Cc1noc([C@H]2CCCN(C(=O)Cc3c(C)nc(C)[nH]c3=O)C2)n1. The van der Waals surface area contributed by atoms with Crippen LogP contribution in [-0.4, -0.2) is 44.0 Å². The molecule has 1 saturated heterocycles. The second-order valence-electron chi connectivity index (χ2n) is 6.25. The average Bonchev–Trinajstić information content (AvgIpc) is 2.97. The van der Waals surface area contributed by atoms with Crippen LogP contribution in [0.3, 0.4) is 0 Å². The number of carbonyl (C=O) groups is 1. The third-order valence-electron chi connectivity index (χ3n) is 4.34. The second-order valence-corrected chi connectivity index (χ2v) is 6.25. The third-order valence-corrected chi connectivity index (χ3v) is 4.34. The second kappa shape index (κ2) is 6.54. The van der Waals surface area contributed by atoms with Crippen molar-refractivity contribution in [1.82, 2.24) is 25.0 Å². The number of aromatic nitrogens is 4. The van der Waals surface area contributed by atoms with Crippen molar-refractivity contribution in [1.29, 1.82) is 0 Å². The molecule has 2 aromatic rings. The number of nitrogens with zero attached hydrogens (tertiary/aromatic N) is 4. The van der Waals surface area contributed by atoms with Gasteiger partial charge in [-0.25, -0.2) is 4.98 Å². The first-order valence-corrected chi connectivity index (χ1v) is 8.08. The first-order valence-electron chi connectivity index (χ1n) is 8.08. The van der Waals surface area contributed by atoms with Crippen molar-refractivity contribution in [2.45, 2.75) is 46.0 Å². The molecule has 1 aliphatic heterocycles. The predicted octanol–water partition coefficient (Wildman–Crippen LogP) is 1.03. The number of hydrogen-bond donors (Lipinski definition) is 1. The number of piperidine rings is 1. The van der Waals surface area contributed by atoms with Gasteiger partial charge >= 0.3 is 0 Å². The Balaban J connectivity index is 1.72. The number of H-pyrrole nitrogens is 1. The number of aryl methyl sites for hydroxylation is 3. The highest BCUT2D eigenvalue weighted by Gasteiger charge is 2.28. The van der Waals surface area contributed by atoms with E-state index in [4.69, 9.17) is 4.52 Å². The number of likely N-dealkylation sites (tertiary alicyclic amines) is 1. The van der Waals surface area contributed by atoms with Crippen LogP contribution in [0, 0.1) is 20.8 Å². The van der Waals surface area contributed by atoms with Gasteiger partial charge in [-0.2, -0.15) is 4.98 Å². The van der Waals surface area contributed by atoms with Crippen LogP contribution in [0.2, 0.25) is 0 Å². The minimum Gasteiger partial charge on any atom is -0.342 e. The van der Waals surface area contributed by atoms with E-state index in [1.165, 1.54) is 0 Å². The molecule has 1 fully saturated rings. The van der Waals surface area contributed by atoms with Crippen molar-refractivity contribution >= 4 is 5.91 Å². The van der Waals surface area contributed by atoms with Crippen LogP contribution >= 0.6 is 0 Å². The molecule has 24 heavy (non-hydrogen) atoms. The van der Waals surface area contributed by atoms with Gasteiger partial charge in [-0.1, -0.05) is 5.16 Å². The van der Waals surface area contributed by atoms with E-state index in [0.29, 0.717) is 41.9 Å². The van der Waals surface area contributed by atoms with Crippen LogP contribution in [-0.2, 0) is 11.2 Å². The highest BCUT2D eigenvalue weighted by atomic mass is 16.5. The van der Waals surface area contributed by atoms with Gasteiger partial charge in [-0.05, 0) is 33.6 Å². The molecule has 128 valence electrons. The Kier molecular flexibility index (Phi) is 4.46. The zero-order valence-electron chi connectivity index (χ0n) is 14.1. The van der Waals surface area contributed by atoms with Crippen molar-refractivity contribution in [2.24, 2.45) is 0 Å². The summed E-state index contributed by atoms with van der Waals surface area (Å²) in [7, 11) is 0. The van der Waals surface area contributed by atoms with Gasteiger partial charge in [-0.3, -0.25) is 9.59 Å². The van der Waals surface area contributed by atoms with Gasteiger partial charge in [0.25, 0.3) is 5.56 Å². The molecule has 2 aromatic heterocycles. The summed E-state index contributed by atoms with van der Waals surface area (Å²) >= 11 is 0. The Hall–Kier alpha value is -2.51. The molecule has 1 atom stereocenters. The summed E-state index contributed by atoms with van der Waals surface area (Å²) in [4.78, 5) is 37.6. The van der Waals surface area contributed by atoms with Crippen LogP contribution in [0.1, 0.15) is 47.6 Å². The summed E-state index contributed by atoms with van der Waals surface area (Å²) in [5, 5.41) is 3.82. The summed E-state index contributed by atoms with van der Waals surface area (Å²) in [6.07, 6.45) is 1.85. The Morgan fingerprint density at radius 3 is 2.79 bits per heavy atom. The number of rotatable bonds is 3. The number of nitrogens with one attached hydrogen (secondary N) is 1. The van der Waals surface area contributed by atoms with E-state index >= 15 is 0 Å². The number of carbonyl (C=O) groups excluding carboxylic acids is 1. The molecule has 0 unspecified atom stereocenters. The van der Waals surface area contributed by atoms with Gasteiger partial charge in [0.1, 0.15) is 5.82 Å². The van der Waals surface area contributed by atoms with Gasteiger partial charge in [0.2, 0.25) is 11.8 Å². The molecular weight excluding hydrogens is 310 g/mol. The zero-order valence-corrected chi connectivity index (χ0v) is 14.1. The molecule has 1 aliphatic rings. The number of aromatic amines is 1. The fourth-order valence-corrected chi connectivity index (χ4v) is 3.11. The van der Waals surface area contributed by atoms with Crippen LogP contribution in [0.4, 0.5) is 0 Å². The van der Waals surface area contributed by atoms with Gasteiger partial charge in [0.15, 0.2) is 5.82 Å². The molecule has 3 rings (SSSR count). The van der Waals surface area contributed by atoms with Crippen molar-refractivity contribution in [2.75, 3.05) is 13.1 Å². The Bertz CT molecular complexity index is 810. The molecule has 3 heterocycles. The minimum atomic E-state index is -0.241. The smallest absolute Gasteiger partial charge is 0.254 e. The highest BCUT2D eigenvalue weighted by molar-refractivity contribution is 5.79. The molecule has 0 saturated carbocycles. The van der Waals surface area contributed by atoms with Crippen LogP contribution in [0.5, 0.6) is 0 Å². The van der Waals surface area contributed by atoms with Crippen LogP contribution < -0.4 is 5.56 Å². The quantitative estimate of drug-likeness (QED) is 0.900. The maximum Gasteiger partial charge on any atom is 0.254 e. The zero-order chi connectivity index (χ0) is 17.3. The van der Waals surface area contributed by atoms with E-state index in [0.717, 1.165) is 12.8 Å². The lowest BCUT2D eigenvalue weighted by atomic mass is 9.97. The molecule has 8 nitrogen and oxygen atoms in total. The van der Waals surface area contributed by atoms with E-state index in [9.17, 15) is 9.59 Å².